The van der Waals surface area contributed by atoms with Crippen LogP contribution in [0.25, 0.3) is 0 Å². The molecule has 0 bridgehead atoms. The molecule has 1 saturated heterocycles. The highest BCUT2D eigenvalue weighted by molar-refractivity contribution is 6.32. The lowest BCUT2D eigenvalue weighted by molar-refractivity contribution is -0.137. The van der Waals surface area contributed by atoms with Gasteiger partial charge in [-0.05, 0) is 24.5 Å². The highest BCUT2D eigenvalue weighted by atomic mass is 35.5. The quantitative estimate of drug-likeness (QED) is 0.897. The first kappa shape index (κ1) is 17.1. The average Bonchev–Trinajstić information content (AvgIpc) is 3.27. The molecule has 2 aliphatic rings. The van der Waals surface area contributed by atoms with Gasteiger partial charge in [0.25, 0.3) is 0 Å². The highest BCUT2D eigenvalue weighted by Gasteiger charge is 2.41. The van der Waals surface area contributed by atoms with E-state index < -0.39 is 22.7 Å². The monoisotopic (exact) mass is 360 g/mol. The van der Waals surface area contributed by atoms with E-state index in [-0.39, 0.29) is 36.4 Å². The molecule has 0 aromatic heterocycles. The number of benzene rings is 1. The van der Waals surface area contributed by atoms with Crippen LogP contribution in [0.15, 0.2) is 18.2 Å². The van der Waals surface area contributed by atoms with Gasteiger partial charge in [0.1, 0.15) is 0 Å². The van der Waals surface area contributed by atoms with Gasteiger partial charge in [0.15, 0.2) is 0 Å². The van der Waals surface area contributed by atoms with Crippen LogP contribution in [0.2, 0.25) is 5.02 Å². The van der Waals surface area contributed by atoms with Crippen LogP contribution in [0.4, 0.5) is 13.2 Å². The van der Waals surface area contributed by atoms with Gasteiger partial charge in [-0.3, -0.25) is 9.59 Å². The smallest absolute Gasteiger partial charge is 0.352 e. The van der Waals surface area contributed by atoms with Crippen molar-refractivity contribution in [2.24, 2.45) is 5.92 Å². The minimum Gasteiger partial charge on any atom is -0.352 e. The van der Waals surface area contributed by atoms with Gasteiger partial charge in [-0.25, -0.2) is 0 Å². The third-order valence-electron chi connectivity index (χ3n) is 4.35. The molecule has 1 aliphatic carbocycles. The molecule has 24 heavy (non-hydrogen) atoms. The molecule has 8 heteroatoms. The van der Waals surface area contributed by atoms with Crippen molar-refractivity contribution in [2.45, 2.75) is 38.0 Å². The van der Waals surface area contributed by atoms with Gasteiger partial charge < -0.3 is 10.2 Å². The molecule has 1 atom stereocenters. The van der Waals surface area contributed by atoms with E-state index in [1.165, 1.54) is 12.1 Å². The fourth-order valence-electron chi connectivity index (χ4n) is 2.91. The van der Waals surface area contributed by atoms with E-state index in [1.54, 1.807) is 4.90 Å². The lowest BCUT2D eigenvalue weighted by Crippen LogP contribution is -2.33. The molecule has 0 radical (unpaired) electrons. The van der Waals surface area contributed by atoms with E-state index in [2.05, 4.69) is 5.32 Å². The number of carbonyl (C=O) groups excluding carboxylic acids is 2. The van der Waals surface area contributed by atoms with Crippen molar-refractivity contribution >= 4 is 23.4 Å². The number of nitrogens with zero attached hydrogens (tertiary/aromatic N) is 1. The predicted octanol–water partition coefficient (Wildman–Crippen LogP) is 2.99. The SMILES string of the molecule is O=C(NCc1cccc(C(F)(F)F)c1Cl)C1CC(=O)N(C2CC2)C1. The highest BCUT2D eigenvalue weighted by Crippen LogP contribution is 2.36. The summed E-state index contributed by atoms with van der Waals surface area (Å²) in [7, 11) is 0. The molecule has 1 aromatic carbocycles. The molecule has 1 aromatic rings. The van der Waals surface area contributed by atoms with Crippen molar-refractivity contribution in [3.63, 3.8) is 0 Å². The molecule has 1 saturated carbocycles. The molecular weight excluding hydrogens is 345 g/mol. The lowest BCUT2D eigenvalue weighted by Gasteiger charge is -2.16. The second-order valence-corrected chi connectivity index (χ2v) is 6.55. The first-order valence-electron chi connectivity index (χ1n) is 7.69. The molecule has 1 heterocycles. The van der Waals surface area contributed by atoms with Crippen LogP contribution in [-0.2, 0) is 22.3 Å². The molecule has 2 amide bonds. The molecule has 1 aliphatic heterocycles. The van der Waals surface area contributed by atoms with Crippen molar-refractivity contribution in [1.82, 2.24) is 10.2 Å². The second kappa shape index (κ2) is 6.27. The number of halogens is 4. The van der Waals surface area contributed by atoms with Crippen molar-refractivity contribution in [1.29, 1.82) is 0 Å². The predicted molar refractivity (Wildman–Crippen MR) is 81.1 cm³/mol. The van der Waals surface area contributed by atoms with Gasteiger partial charge in [-0.2, -0.15) is 13.2 Å². The van der Waals surface area contributed by atoms with Gasteiger partial charge >= 0.3 is 6.18 Å². The Labute approximate surface area is 142 Å². The summed E-state index contributed by atoms with van der Waals surface area (Å²) in [6, 6.07) is 3.85. The number of nitrogens with one attached hydrogen (secondary N) is 1. The maximum atomic E-state index is 12.8. The maximum absolute atomic E-state index is 12.8. The fourth-order valence-corrected chi connectivity index (χ4v) is 3.21. The molecule has 1 unspecified atom stereocenters. The molecular formula is C16H16ClF3N2O2. The van der Waals surface area contributed by atoms with Crippen LogP contribution in [0.5, 0.6) is 0 Å². The van der Waals surface area contributed by atoms with Gasteiger partial charge in [0, 0.05) is 25.6 Å². The Kier molecular flexibility index (Phi) is 4.46. The molecule has 130 valence electrons. The third kappa shape index (κ3) is 3.50. The minimum absolute atomic E-state index is 0.0326. The standard InChI is InChI=1S/C16H16ClF3N2O2/c17-14-9(2-1-3-12(14)16(18,19)20)7-21-15(24)10-6-13(23)22(8-10)11-4-5-11/h1-3,10-11H,4-8H2,(H,21,24). The normalized spacial score (nSPS) is 21.2. The Balaban J connectivity index is 1.62. The zero-order chi connectivity index (χ0) is 17.5. The van der Waals surface area contributed by atoms with Gasteiger partial charge in [0.05, 0.1) is 16.5 Å². The molecule has 1 N–H and O–H groups in total. The summed E-state index contributed by atoms with van der Waals surface area (Å²) in [6.45, 7) is 0.279. The van der Waals surface area contributed by atoms with Crippen molar-refractivity contribution in [3.8, 4) is 0 Å². The molecule has 3 rings (SSSR count). The van der Waals surface area contributed by atoms with Gasteiger partial charge in [-0.1, -0.05) is 23.7 Å². The molecule has 0 spiro atoms. The Hall–Kier alpha value is -1.76. The van der Waals surface area contributed by atoms with Crippen LogP contribution in [-0.4, -0.2) is 29.3 Å². The Morgan fingerprint density at radius 2 is 2.04 bits per heavy atom. The van der Waals surface area contributed by atoms with E-state index in [9.17, 15) is 22.8 Å². The van der Waals surface area contributed by atoms with Crippen LogP contribution in [0.3, 0.4) is 0 Å². The summed E-state index contributed by atoms with van der Waals surface area (Å²) < 4.78 is 38.5. The second-order valence-electron chi connectivity index (χ2n) is 6.17. The van der Waals surface area contributed by atoms with Crippen molar-refractivity contribution in [2.75, 3.05) is 6.54 Å². The molecule has 4 nitrogen and oxygen atoms in total. The Bertz CT molecular complexity index is 674. The number of amides is 2. The average molecular weight is 361 g/mol. The first-order chi connectivity index (χ1) is 11.3. The maximum Gasteiger partial charge on any atom is 0.417 e. The van der Waals surface area contributed by atoms with Crippen LogP contribution in [0.1, 0.15) is 30.4 Å². The van der Waals surface area contributed by atoms with E-state index in [4.69, 9.17) is 11.6 Å². The summed E-state index contributed by atoms with van der Waals surface area (Å²) in [4.78, 5) is 25.8. The third-order valence-corrected chi connectivity index (χ3v) is 4.80. The van der Waals surface area contributed by atoms with Gasteiger partial charge in [-0.15, -0.1) is 0 Å². The van der Waals surface area contributed by atoms with Gasteiger partial charge in [0.2, 0.25) is 11.8 Å². The Morgan fingerprint density at radius 3 is 2.67 bits per heavy atom. The van der Waals surface area contributed by atoms with Crippen LogP contribution >= 0.6 is 11.6 Å². The zero-order valence-electron chi connectivity index (χ0n) is 12.7. The Morgan fingerprint density at radius 1 is 1.33 bits per heavy atom. The van der Waals surface area contributed by atoms with E-state index in [0.717, 1.165) is 18.9 Å². The van der Waals surface area contributed by atoms with Crippen LogP contribution < -0.4 is 5.32 Å². The number of alkyl halides is 3. The lowest BCUT2D eigenvalue weighted by atomic mass is 10.1. The van der Waals surface area contributed by atoms with Crippen molar-refractivity contribution in [3.05, 3.63) is 34.3 Å². The van der Waals surface area contributed by atoms with E-state index in [1.807, 2.05) is 0 Å². The number of carbonyl (C=O) groups is 2. The topological polar surface area (TPSA) is 49.4 Å². The van der Waals surface area contributed by atoms with E-state index >= 15 is 0 Å². The summed E-state index contributed by atoms with van der Waals surface area (Å²) >= 11 is 5.80. The fraction of sp³-hybridized carbons (Fsp3) is 0.500. The first-order valence-corrected chi connectivity index (χ1v) is 8.07. The number of rotatable bonds is 4. The largest absolute Gasteiger partial charge is 0.417 e. The summed E-state index contributed by atoms with van der Waals surface area (Å²) in [6.07, 6.45) is -2.45. The number of hydrogen-bond donors (Lipinski definition) is 1. The summed E-state index contributed by atoms with van der Waals surface area (Å²) in [5.41, 5.74) is -0.727. The summed E-state index contributed by atoms with van der Waals surface area (Å²) in [5.74, 6) is -0.822. The van der Waals surface area contributed by atoms with Crippen molar-refractivity contribution < 1.29 is 22.8 Å². The number of likely N-dealkylation sites (tertiary alicyclic amines) is 1. The molecule has 2 fully saturated rings. The zero-order valence-corrected chi connectivity index (χ0v) is 13.5. The minimum atomic E-state index is -4.54. The summed E-state index contributed by atoms with van der Waals surface area (Å²) in [5, 5.41) is 2.18. The van der Waals surface area contributed by atoms with Crippen LogP contribution in [0, 0.1) is 5.92 Å². The van der Waals surface area contributed by atoms with E-state index in [0.29, 0.717) is 6.54 Å². The number of hydrogen-bond acceptors (Lipinski definition) is 2.